The smallest absolute Gasteiger partial charge is 0.315 e. The minimum atomic E-state index is -0.472. The Morgan fingerprint density at radius 2 is 2.08 bits per heavy atom. The molecule has 1 heterocycles. The van der Waals surface area contributed by atoms with Crippen LogP contribution in [0.3, 0.4) is 0 Å². The van der Waals surface area contributed by atoms with Crippen molar-refractivity contribution in [3.05, 3.63) is 48.3 Å². The summed E-state index contributed by atoms with van der Waals surface area (Å²) in [5.41, 5.74) is 1.01. The van der Waals surface area contributed by atoms with Crippen LogP contribution in [0, 0.1) is 11.7 Å². The van der Waals surface area contributed by atoms with E-state index in [0.717, 1.165) is 12.8 Å². The number of carbonyl (C=O) groups is 2. The number of benzene rings is 1. The average Bonchev–Trinajstić information content (AvgIpc) is 3.28. The van der Waals surface area contributed by atoms with Gasteiger partial charge in [-0.3, -0.25) is 4.79 Å². The summed E-state index contributed by atoms with van der Waals surface area (Å²) in [6.45, 7) is 0.758. The van der Waals surface area contributed by atoms with E-state index in [9.17, 15) is 14.0 Å². The Balaban J connectivity index is 1.42. The van der Waals surface area contributed by atoms with Gasteiger partial charge in [0.1, 0.15) is 5.82 Å². The zero-order valence-corrected chi connectivity index (χ0v) is 13.7. The van der Waals surface area contributed by atoms with Gasteiger partial charge in [0.2, 0.25) is 5.91 Å². The number of hydrogen-bond acceptors (Lipinski definition) is 3. The lowest BCUT2D eigenvalue weighted by Gasteiger charge is -2.10. The van der Waals surface area contributed by atoms with Crippen LogP contribution in [0.15, 0.2) is 36.9 Å². The Bertz CT molecular complexity index is 744. The Kier molecular flexibility index (Phi) is 5.27. The molecule has 1 aliphatic rings. The van der Waals surface area contributed by atoms with Gasteiger partial charge >= 0.3 is 6.03 Å². The van der Waals surface area contributed by atoms with Crippen LogP contribution in [0.4, 0.5) is 9.18 Å². The van der Waals surface area contributed by atoms with Gasteiger partial charge in [-0.15, -0.1) is 0 Å². The number of imidazole rings is 1. The Morgan fingerprint density at radius 1 is 1.24 bits per heavy atom. The van der Waals surface area contributed by atoms with Gasteiger partial charge in [0.25, 0.3) is 0 Å². The third-order valence-corrected chi connectivity index (χ3v) is 3.94. The number of nitrogens with zero attached hydrogens (tertiary/aromatic N) is 2. The molecule has 1 aromatic carbocycles. The van der Waals surface area contributed by atoms with E-state index in [1.54, 1.807) is 29.1 Å². The van der Waals surface area contributed by atoms with Gasteiger partial charge in [0, 0.05) is 25.5 Å². The molecule has 1 aliphatic carbocycles. The molecule has 8 heteroatoms. The molecule has 0 saturated heterocycles. The summed E-state index contributed by atoms with van der Waals surface area (Å²) in [6, 6.07) is 4.23. The van der Waals surface area contributed by atoms with Crippen LogP contribution >= 0.6 is 0 Å². The zero-order chi connectivity index (χ0) is 17.6. The first-order valence-electron chi connectivity index (χ1n) is 8.17. The summed E-state index contributed by atoms with van der Waals surface area (Å²) in [6.07, 6.45) is 7.05. The summed E-state index contributed by atoms with van der Waals surface area (Å²) in [7, 11) is 0. The third-order valence-electron chi connectivity index (χ3n) is 3.94. The number of aromatic nitrogens is 2. The molecule has 0 atom stereocenters. The normalized spacial score (nSPS) is 13.3. The predicted molar refractivity (Wildman–Crippen MR) is 89.5 cm³/mol. The quantitative estimate of drug-likeness (QED) is 0.707. The van der Waals surface area contributed by atoms with Crippen LogP contribution in [0.5, 0.6) is 0 Å². The van der Waals surface area contributed by atoms with E-state index in [-0.39, 0.29) is 19.0 Å². The number of hydrogen-bond donors (Lipinski definition) is 3. The Labute approximate surface area is 144 Å². The average molecular weight is 345 g/mol. The summed E-state index contributed by atoms with van der Waals surface area (Å²) in [4.78, 5) is 27.1. The molecule has 0 aliphatic heterocycles. The number of amides is 3. The van der Waals surface area contributed by atoms with Crippen LogP contribution in [0.2, 0.25) is 0 Å². The molecule has 132 valence electrons. The predicted octanol–water partition coefficient (Wildman–Crippen LogP) is 1.34. The van der Waals surface area contributed by atoms with Crippen LogP contribution in [0.1, 0.15) is 18.4 Å². The first kappa shape index (κ1) is 16.9. The number of halogens is 1. The molecule has 1 saturated carbocycles. The second-order valence-electron chi connectivity index (χ2n) is 6.04. The van der Waals surface area contributed by atoms with E-state index in [2.05, 4.69) is 20.9 Å². The largest absolute Gasteiger partial charge is 0.354 e. The molecular formula is C17H20FN5O2. The SMILES string of the molecule is O=C(CNC(=O)NCc1ccc(-n2ccnc2)c(F)c1)NCC1CC1. The number of rotatable bonds is 7. The van der Waals surface area contributed by atoms with Gasteiger partial charge in [0.05, 0.1) is 18.6 Å². The van der Waals surface area contributed by atoms with Crippen molar-refractivity contribution in [3.63, 3.8) is 0 Å². The number of carbonyl (C=O) groups excluding carboxylic acids is 2. The third kappa shape index (κ3) is 5.03. The van der Waals surface area contributed by atoms with Gasteiger partial charge in [0.15, 0.2) is 0 Å². The second kappa shape index (κ2) is 7.78. The van der Waals surface area contributed by atoms with Gasteiger partial charge in [-0.05, 0) is 36.5 Å². The second-order valence-corrected chi connectivity index (χ2v) is 6.04. The number of urea groups is 1. The standard InChI is InChI=1S/C17H20FN5O2/c18-14-7-13(3-4-15(14)23-6-5-19-11-23)9-21-17(25)22-10-16(24)20-8-12-1-2-12/h3-7,11-12H,1-2,8-10H2,(H,20,24)(H2,21,22,25). The fourth-order valence-corrected chi connectivity index (χ4v) is 2.32. The molecule has 25 heavy (non-hydrogen) atoms. The molecule has 0 radical (unpaired) electrons. The van der Waals surface area contributed by atoms with Gasteiger partial charge in [-0.1, -0.05) is 6.07 Å². The molecule has 0 bridgehead atoms. The fraction of sp³-hybridized carbons (Fsp3) is 0.353. The molecule has 0 spiro atoms. The molecule has 7 nitrogen and oxygen atoms in total. The van der Waals surface area contributed by atoms with Crippen molar-refractivity contribution >= 4 is 11.9 Å². The first-order chi connectivity index (χ1) is 12.1. The van der Waals surface area contributed by atoms with Crippen molar-refractivity contribution < 1.29 is 14.0 Å². The molecule has 1 fully saturated rings. The zero-order valence-electron chi connectivity index (χ0n) is 13.7. The molecule has 1 aromatic heterocycles. The molecule has 2 aromatic rings. The van der Waals surface area contributed by atoms with Crippen molar-refractivity contribution in [2.24, 2.45) is 5.92 Å². The van der Waals surface area contributed by atoms with E-state index in [0.29, 0.717) is 23.7 Å². The lowest BCUT2D eigenvalue weighted by molar-refractivity contribution is -0.120. The Hall–Kier alpha value is -2.90. The maximum atomic E-state index is 14.1. The van der Waals surface area contributed by atoms with Gasteiger partial charge < -0.3 is 20.5 Å². The van der Waals surface area contributed by atoms with Crippen LogP contribution in [-0.4, -0.2) is 34.6 Å². The summed E-state index contributed by atoms with van der Waals surface area (Å²) in [5, 5.41) is 7.84. The monoisotopic (exact) mass is 345 g/mol. The molecular weight excluding hydrogens is 325 g/mol. The molecule has 0 unspecified atom stereocenters. The summed E-state index contributed by atoms with van der Waals surface area (Å²) < 4.78 is 15.7. The lowest BCUT2D eigenvalue weighted by atomic mass is 10.2. The van der Waals surface area contributed by atoms with E-state index >= 15 is 0 Å². The minimum absolute atomic E-state index is 0.0769. The summed E-state index contributed by atoms with van der Waals surface area (Å²) >= 11 is 0. The first-order valence-corrected chi connectivity index (χ1v) is 8.17. The fourth-order valence-electron chi connectivity index (χ4n) is 2.32. The van der Waals surface area contributed by atoms with Crippen LogP contribution in [-0.2, 0) is 11.3 Å². The minimum Gasteiger partial charge on any atom is -0.354 e. The van der Waals surface area contributed by atoms with Crippen molar-refractivity contribution in [3.8, 4) is 5.69 Å². The topological polar surface area (TPSA) is 88.1 Å². The molecule has 3 amide bonds. The Morgan fingerprint density at radius 3 is 2.76 bits per heavy atom. The molecule has 3 N–H and O–H groups in total. The van der Waals surface area contributed by atoms with Crippen LogP contribution < -0.4 is 16.0 Å². The maximum Gasteiger partial charge on any atom is 0.315 e. The molecule has 3 rings (SSSR count). The van der Waals surface area contributed by atoms with Gasteiger partial charge in [-0.25, -0.2) is 14.2 Å². The van der Waals surface area contributed by atoms with Crippen molar-refractivity contribution in [2.45, 2.75) is 19.4 Å². The highest BCUT2D eigenvalue weighted by Crippen LogP contribution is 2.27. The van der Waals surface area contributed by atoms with Crippen molar-refractivity contribution in [1.82, 2.24) is 25.5 Å². The highest BCUT2D eigenvalue weighted by Gasteiger charge is 2.21. The summed E-state index contributed by atoms with van der Waals surface area (Å²) in [5.74, 6) is -0.0205. The van der Waals surface area contributed by atoms with E-state index in [1.807, 2.05) is 0 Å². The van der Waals surface area contributed by atoms with E-state index in [1.165, 1.54) is 12.4 Å². The highest BCUT2D eigenvalue weighted by atomic mass is 19.1. The lowest BCUT2D eigenvalue weighted by Crippen LogP contribution is -2.42. The van der Waals surface area contributed by atoms with Crippen molar-refractivity contribution in [1.29, 1.82) is 0 Å². The van der Waals surface area contributed by atoms with Crippen molar-refractivity contribution in [2.75, 3.05) is 13.1 Å². The van der Waals surface area contributed by atoms with E-state index < -0.39 is 11.8 Å². The van der Waals surface area contributed by atoms with Gasteiger partial charge in [-0.2, -0.15) is 0 Å². The maximum absolute atomic E-state index is 14.1. The highest BCUT2D eigenvalue weighted by molar-refractivity contribution is 5.83. The van der Waals surface area contributed by atoms with E-state index in [4.69, 9.17) is 0 Å². The number of nitrogens with one attached hydrogen (secondary N) is 3. The van der Waals surface area contributed by atoms with Crippen LogP contribution in [0.25, 0.3) is 5.69 Å².